The summed E-state index contributed by atoms with van der Waals surface area (Å²) in [6.07, 6.45) is -5.08. The average molecular weight is 517 g/mol. The first-order chi connectivity index (χ1) is 16.7. The summed E-state index contributed by atoms with van der Waals surface area (Å²) in [6, 6.07) is 12.9. The van der Waals surface area contributed by atoms with E-state index in [1.54, 1.807) is 38.0 Å². The lowest BCUT2D eigenvalue weighted by molar-refractivity contribution is -0.192. The van der Waals surface area contributed by atoms with E-state index in [4.69, 9.17) is 19.4 Å². The predicted octanol–water partition coefficient (Wildman–Crippen LogP) is 3.88. The Kier molecular flexibility index (Phi) is 11.3. The van der Waals surface area contributed by atoms with Crippen molar-refractivity contribution in [2.45, 2.75) is 32.0 Å². The van der Waals surface area contributed by atoms with Crippen LogP contribution in [0.1, 0.15) is 25.0 Å². The van der Waals surface area contributed by atoms with E-state index in [1.807, 2.05) is 12.1 Å². The number of hydrogen-bond acceptors (Lipinski definition) is 6. The van der Waals surface area contributed by atoms with Gasteiger partial charge >= 0.3 is 24.1 Å². The standard InChI is InChI=1S/C22H26FNO5.C2HF3O2/c1-4-29-21(27)22(2,17-7-9-18(23)10-8-17)15-24(14-20(25)26)13-16-5-11-19(28-3)12-6-16;3-2(4,5)1(6)7/h5-12H,4,13-15H2,1-3H3,(H,25,26);(H,6,7). The zero-order valence-corrected chi connectivity index (χ0v) is 19.8. The molecule has 0 radical (unpaired) electrons. The van der Waals surface area contributed by atoms with Crippen LogP contribution in [0.5, 0.6) is 5.75 Å². The van der Waals surface area contributed by atoms with Crippen molar-refractivity contribution in [3.63, 3.8) is 0 Å². The van der Waals surface area contributed by atoms with E-state index in [9.17, 15) is 32.3 Å². The number of benzene rings is 2. The van der Waals surface area contributed by atoms with Gasteiger partial charge in [-0.1, -0.05) is 24.3 Å². The summed E-state index contributed by atoms with van der Waals surface area (Å²) in [6.45, 7) is 3.72. The van der Waals surface area contributed by atoms with Gasteiger partial charge in [-0.3, -0.25) is 14.5 Å². The van der Waals surface area contributed by atoms with Crippen LogP contribution in [0.4, 0.5) is 17.6 Å². The van der Waals surface area contributed by atoms with Crippen molar-refractivity contribution < 1.29 is 51.6 Å². The molecule has 2 aromatic rings. The Morgan fingerprint density at radius 2 is 1.50 bits per heavy atom. The number of esters is 1. The van der Waals surface area contributed by atoms with Crippen molar-refractivity contribution in [1.29, 1.82) is 0 Å². The molecule has 198 valence electrons. The highest BCUT2D eigenvalue weighted by Crippen LogP contribution is 2.28. The molecule has 36 heavy (non-hydrogen) atoms. The number of hydrogen-bond donors (Lipinski definition) is 2. The Bertz CT molecular complexity index is 1010. The third-order valence-corrected chi connectivity index (χ3v) is 4.91. The number of ether oxygens (including phenoxy) is 2. The van der Waals surface area contributed by atoms with Crippen molar-refractivity contribution in [2.75, 3.05) is 26.8 Å². The highest BCUT2D eigenvalue weighted by atomic mass is 19.4. The van der Waals surface area contributed by atoms with Crippen LogP contribution in [-0.4, -0.2) is 66.0 Å². The van der Waals surface area contributed by atoms with Crippen molar-refractivity contribution in [3.8, 4) is 5.75 Å². The van der Waals surface area contributed by atoms with Crippen molar-refractivity contribution in [2.24, 2.45) is 0 Å². The summed E-state index contributed by atoms with van der Waals surface area (Å²) in [5.41, 5.74) is 0.269. The van der Waals surface area contributed by atoms with E-state index in [1.165, 1.54) is 24.3 Å². The molecule has 0 aliphatic heterocycles. The number of rotatable bonds is 10. The Morgan fingerprint density at radius 3 is 1.92 bits per heavy atom. The number of aliphatic carboxylic acids is 2. The van der Waals surface area contributed by atoms with Gasteiger partial charge in [0.2, 0.25) is 0 Å². The molecule has 1 unspecified atom stereocenters. The van der Waals surface area contributed by atoms with Crippen LogP contribution in [0.25, 0.3) is 0 Å². The molecule has 0 saturated carbocycles. The molecular formula is C24H27F4NO7. The first kappa shape index (κ1) is 30.4. The molecule has 1 atom stereocenters. The lowest BCUT2D eigenvalue weighted by Gasteiger charge is -2.33. The zero-order chi connectivity index (χ0) is 27.5. The molecule has 2 N–H and O–H groups in total. The van der Waals surface area contributed by atoms with Gasteiger partial charge in [-0.25, -0.2) is 9.18 Å². The maximum absolute atomic E-state index is 13.4. The fraction of sp³-hybridized carbons (Fsp3) is 0.375. The number of nitrogens with zero attached hydrogens (tertiary/aromatic N) is 1. The van der Waals surface area contributed by atoms with Gasteiger partial charge in [-0.05, 0) is 49.2 Å². The molecule has 0 amide bonds. The Hall–Kier alpha value is -3.67. The molecule has 8 nitrogen and oxygen atoms in total. The number of alkyl halides is 3. The molecule has 0 aromatic heterocycles. The van der Waals surface area contributed by atoms with Crippen LogP contribution in [-0.2, 0) is 31.1 Å². The van der Waals surface area contributed by atoms with E-state index >= 15 is 0 Å². The van der Waals surface area contributed by atoms with Crippen LogP contribution >= 0.6 is 0 Å². The summed E-state index contributed by atoms with van der Waals surface area (Å²) in [4.78, 5) is 34.8. The van der Waals surface area contributed by atoms with E-state index in [-0.39, 0.29) is 19.7 Å². The lowest BCUT2D eigenvalue weighted by atomic mass is 9.81. The maximum atomic E-state index is 13.4. The topological polar surface area (TPSA) is 113 Å². The second kappa shape index (κ2) is 13.4. The fourth-order valence-electron chi connectivity index (χ4n) is 3.18. The van der Waals surface area contributed by atoms with Gasteiger partial charge in [0.25, 0.3) is 0 Å². The highest BCUT2D eigenvalue weighted by molar-refractivity contribution is 5.83. The molecule has 0 heterocycles. The van der Waals surface area contributed by atoms with Gasteiger partial charge in [0.15, 0.2) is 0 Å². The maximum Gasteiger partial charge on any atom is 0.490 e. The first-order valence-corrected chi connectivity index (χ1v) is 10.5. The van der Waals surface area contributed by atoms with E-state index in [2.05, 4.69) is 0 Å². The van der Waals surface area contributed by atoms with Gasteiger partial charge in [0.05, 0.1) is 20.3 Å². The van der Waals surface area contributed by atoms with Gasteiger partial charge < -0.3 is 19.7 Å². The van der Waals surface area contributed by atoms with Crippen molar-refractivity contribution >= 4 is 17.9 Å². The Morgan fingerprint density at radius 1 is 0.972 bits per heavy atom. The third-order valence-electron chi connectivity index (χ3n) is 4.91. The number of halogens is 4. The first-order valence-electron chi connectivity index (χ1n) is 10.5. The monoisotopic (exact) mass is 517 g/mol. The van der Waals surface area contributed by atoms with Gasteiger partial charge in [-0.2, -0.15) is 13.2 Å². The minimum atomic E-state index is -5.08. The molecule has 0 bridgehead atoms. The number of carboxylic acid groups (broad SMARTS) is 2. The summed E-state index contributed by atoms with van der Waals surface area (Å²) in [5.74, 6) is -3.98. The van der Waals surface area contributed by atoms with Crippen LogP contribution in [0.2, 0.25) is 0 Å². The predicted molar refractivity (Wildman–Crippen MR) is 120 cm³/mol. The van der Waals surface area contributed by atoms with Gasteiger partial charge in [0, 0.05) is 13.1 Å². The summed E-state index contributed by atoms with van der Waals surface area (Å²) < 4.78 is 55.5. The summed E-state index contributed by atoms with van der Waals surface area (Å²) in [5, 5.41) is 16.5. The van der Waals surface area contributed by atoms with Gasteiger partial charge in [-0.15, -0.1) is 0 Å². The molecular weight excluding hydrogens is 490 g/mol. The van der Waals surface area contributed by atoms with Gasteiger partial charge in [0.1, 0.15) is 17.0 Å². The Balaban J connectivity index is 0.000000809. The van der Waals surface area contributed by atoms with Crippen LogP contribution in [0.15, 0.2) is 48.5 Å². The van der Waals surface area contributed by atoms with Crippen LogP contribution in [0.3, 0.4) is 0 Å². The molecule has 0 aliphatic rings. The quantitative estimate of drug-likeness (QED) is 0.361. The molecule has 2 aromatic carbocycles. The summed E-state index contributed by atoms with van der Waals surface area (Å²) >= 11 is 0. The Labute approximate surface area is 205 Å². The average Bonchev–Trinajstić information content (AvgIpc) is 2.79. The second-order valence-electron chi connectivity index (χ2n) is 7.75. The fourth-order valence-corrected chi connectivity index (χ4v) is 3.18. The van der Waals surface area contributed by atoms with Crippen molar-refractivity contribution in [1.82, 2.24) is 4.90 Å². The molecule has 0 spiro atoms. The highest BCUT2D eigenvalue weighted by Gasteiger charge is 2.39. The molecule has 0 aliphatic carbocycles. The minimum absolute atomic E-state index is 0.0931. The smallest absolute Gasteiger partial charge is 0.490 e. The van der Waals surface area contributed by atoms with Crippen LogP contribution in [0, 0.1) is 5.82 Å². The summed E-state index contributed by atoms with van der Waals surface area (Å²) in [7, 11) is 1.57. The number of methoxy groups -OCH3 is 1. The number of carboxylic acids is 2. The van der Waals surface area contributed by atoms with Crippen molar-refractivity contribution in [3.05, 3.63) is 65.5 Å². The molecule has 0 fully saturated rings. The van der Waals surface area contributed by atoms with E-state index in [0.29, 0.717) is 17.9 Å². The second-order valence-corrected chi connectivity index (χ2v) is 7.75. The number of carbonyl (C=O) groups is 3. The normalized spacial score (nSPS) is 12.7. The molecule has 2 rings (SSSR count). The molecule has 0 saturated heterocycles. The largest absolute Gasteiger partial charge is 0.497 e. The van der Waals surface area contributed by atoms with Crippen LogP contribution < -0.4 is 4.74 Å². The minimum Gasteiger partial charge on any atom is -0.497 e. The number of carbonyl (C=O) groups excluding carboxylic acids is 1. The third kappa shape index (κ3) is 9.53. The van der Waals surface area contributed by atoms with E-state index in [0.717, 1.165) is 5.56 Å². The molecule has 12 heteroatoms. The zero-order valence-electron chi connectivity index (χ0n) is 19.8. The lowest BCUT2D eigenvalue weighted by Crippen LogP contribution is -2.46. The van der Waals surface area contributed by atoms with E-state index < -0.39 is 35.3 Å². The SMILES string of the molecule is CCOC(=O)C(C)(CN(CC(=O)O)Cc1ccc(OC)cc1)c1ccc(F)cc1.O=C(O)C(F)(F)F.